The summed E-state index contributed by atoms with van der Waals surface area (Å²) in [5.41, 5.74) is 2.78. The van der Waals surface area contributed by atoms with Gasteiger partial charge in [-0.1, -0.05) is 78.9 Å². The van der Waals surface area contributed by atoms with Gasteiger partial charge in [0.05, 0.1) is 0 Å². The first-order chi connectivity index (χ1) is 13.7. The predicted molar refractivity (Wildman–Crippen MR) is 112 cm³/mol. The van der Waals surface area contributed by atoms with Gasteiger partial charge in [-0.25, -0.2) is 4.79 Å². The maximum absolute atomic E-state index is 12.1. The fourth-order valence-corrected chi connectivity index (χ4v) is 2.57. The smallest absolute Gasteiger partial charge is 0.336 e. The van der Waals surface area contributed by atoms with Gasteiger partial charge in [0.2, 0.25) is 0 Å². The maximum atomic E-state index is 12.1. The van der Waals surface area contributed by atoms with Crippen molar-refractivity contribution >= 4 is 23.9 Å². The molecule has 3 aromatic carbocycles. The molecule has 3 heteroatoms. The molecule has 0 heterocycles. The van der Waals surface area contributed by atoms with Gasteiger partial charge in [0, 0.05) is 12.5 Å². The number of hydrogen-bond acceptors (Lipinski definition) is 3. The highest BCUT2D eigenvalue weighted by Gasteiger charge is 2.03. The number of carbonyl (C=O) groups excluding carboxylic acids is 2. The minimum Gasteiger partial charge on any atom is -0.423 e. The zero-order chi connectivity index (χ0) is 19.6. The molecule has 0 N–H and O–H groups in total. The summed E-state index contributed by atoms with van der Waals surface area (Å²) in [6.07, 6.45) is 6.77. The van der Waals surface area contributed by atoms with Crippen molar-refractivity contribution in [1.82, 2.24) is 0 Å². The minimum atomic E-state index is -0.446. The molecule has 28 heavy (non-hydrogen) atoms. The quantitative estimate of drug-likeness (QED) is 0.330. The molecule has 3 aromatic rings. The van der Waals surface area contributed by atoms with E-state index in [1.54, 1.807) is 42.5 Å². The van der Waals surface area contributed by atoms with E-state index in [1.165, 1.54) is 6.08 Å². The highest BCUT2D eigenvalue weighted by molar-refractivity contribution is 5.95. The van der Waals surface area contributed by atoms with Gasteiger partial charge in [0.25, 0.3) is 0 Å². The van der Waals surface area contributed by atoms with E-state index in [2.05, 4.69) is 0 Å². The Kier molecular flexibility index (Phi) is 6.69. The summed E-state index contributed by atoms with van der Waals surface area (Å²) in [4.78, 5) is 24.0. The summed E-state index contributed by atoms with van der Waals surface area (Å²) in [6.45, 7) is 0. The molecular formula is C25H20O3. The Morgan fingerprint density at radius 1 is 0.679 bits per heavy atom. The van der Waals surface area contributed by atoms with Crippen LogP contribution in [-0.2, 0) is 16.0 Å². The molecule has 0 spiro atoms. The standard InChI is InChI=1S/C25H20O3/c26-23(15-11-20-7-3-1-4-8-20)19-22-12-16-24(17-13-22)28-25(27)18-14-21-9-5-2-6-10-21/h1-18H,19H2/b15-11+,18-14+. The molecule has 0 aliphatic carbocycles. The van der Waals surface area contributed by atoms with Gasteiger partial charge in [0.1, 0.15) is 5.75 Å². The lowest BCUT2D eigenvalue weighted by Gasteiger charge is -2.03. The number of rotatable bonds is 7. The molecule has 0 radical (unpaired) electrons. The second kappa shape index (κ2) is 9.83. The van der Waals surface area contributed by atoms with E-state index in [9.17, 15) is 9.59 Å². The Balaban J connectivity index is 1.51. The van der Waals surface area contributed by atoms with E-state index in [0.29, 0.717) is 12.2 Å². The van der Waals surface area contributed by atoms with Gasteiger partial charge < -0.3 is 4.74 Å². The lowest BCUT2D eigenvalue weighted by molar-refractivity contribution is -0.128. The average molecular weight is 368 g/mol. The molecule has 0 aromatic heterocycles. The molecule has 0 amide bonds. The summed E-state index contributed by atoms with van der Waals surface area (Å²) in [5, 5.41) is 0. The molecule has 3 rings (SSSR count). The third kappa shape index (κ3) is 6.22. The summed E-state index contributed by atoms with van der Waals surface area (Å²) in [6, 6.07) is 26.2. The molecule has 138 valence electrons. The number of carbonyl (C=O) groups is 2. The van der Waals surface area contributed by atoms with E-state index in [4.69, 9.17) is 4.74 Å². The van der Waals surface area contributed by atoms with Crippen molar-refractivity contribution in [2.45, 2.75) is 6.42 Å². The Labute approximate surface area is 164 Å². The summed E-state index contributed by atoms with van der Waals surface area (Å²) in [5.74, 6) is 0.0107. The molecule has 0 saturated carbocycles. The molecule has 0 bridgehead atoms. The summed E-state index contributed by atoms with van der Waals surface area (Å²) >= 11 is 0. The SMILES string of the molecule is O=C(/C=C/c1ccccc1)Cc1ccc(OC(=O)/C=C/c2ccccc2)cc1. The lowest BCUT2D eigenvalue weighted by atomic mass is 10.1. The number of benzene rings is 3. The number of esters is 1. The fraction of sp³-hybridized carbons (Fsp3) is 0.0400. The van der Waals surface area contributed by atoms with Gasteiger partial charge >= 0.3 is 5.97 Å². The monoisotopic (exact) mass is 368 g/mol. The van der Waals surface area contributed by atoms with E-state index < -0.39 is 5.97 Å². The average Bonchev–Trinajstić information content (AvgIpc) is 2.74. The van der Waals surface area contributed by atoms with Crippen LogP contribution in [0.3, 0.4) is 0 Å². The second-order valence-corrected chi connectivity index (χ2v) is 6.20. The van der Waals surface area contributed by atoms with E-state index in [-0.39, 0.29) is 5.78 Å². The van der Waals surface area contributed by atoms with E-state index in [0.717, 1.165) is 16.7 Å². The maximum Gasteiger partial charge on any atom is 0.336 e. The van der Waals surface area contributed by atoms with Crippen LogP contribution < -0.4 is 4.74 Å². The number of ether oxygens (including phenoxy) is 1. The van der Waals surface area contributed by atoms with Crippen molar-refractivity contribution < 1.29 is 14.3 Å². The first kappa shape index (κ1) is 19.1. The number of allylic oxidation sites excluding steroid dienone is 1. The molecular weight excluding hydrogens is 348 g/mol. The molecule has 0 atom stereocenters. The van der Waals surface area contributed by atoms with Crippen LogP contribution in [0, 0.1) is 0 Å². The van der Waals surface area contributed by atoms with Crippen LogP contribution >= 0.6 is 0 Å². The first-order valence-electron chi connectivity index (χ1n) is 8.99. The van der Waals surface area contributed by atoms with Crippen molar-refractivity contribution in [3.05, 3.63) is 114 Å². The first-order valence-corrected chi connectivity index (χ1v) is 8.99. The van der Waals surface area contributed by atoms with Crippen LogP contribution in [-0.4, -0.2) is 11.8 Å². The Bertz CT molecular complexity index is 887. The van der Waals surface area contributed by atoms with Gasteiger partial charge in [-0.3, -0.25) is 4.79 Å². The largest absolute Gasteiger partial charge is 0.423 e. The number of ketones is 1. The molecule has 0 fully saturated rings. The second-order valence-electron chi connectivity index (χ2n) is 6.20. The fourth-order valence-electron chi connectivity index (χ4n) is 2.57. The Morgan fingerprint density at radius 2 is 1.21 bits per heavy atom. The molecule has 3 nitrogen and oxygen atoms in total. The van der Waals surface area contributed by atoms with E-state index >= 15 is 0 Å². The van der Waals surface area contributed by atoms with Crippen molar-refractivity contribution in [3.8, 4) is 5.75 Å². The van der Waals surface area contributed by atoms with E-state index in [1.807, 2.05) is 60.7 Å². The Hall–Kier alpha value is -3.72. The lowest BCUT2D eigenvalue weighted by Crippen LogP contribution is -2.04. The highest BCUT2D eigenvalue weighted by Crippen LogP contribution is 2.14. The summed E-state index contributed by atoms with van der Waals surface area (Å²) in [7, 11) is 0. The van der Waals surface area contributed by atoms with Crippen LogP contribution in [0.15, 0.2) is 97.1 Å². The zero-order valence-corrected chi connectivity index (χ0v) is 15.3. The third-order valence-electron chi connectivity index (χ3n) is 3.99. The van der Waals surface area contributed by atoms with Crippen molar-refractivity contribution in [2.24, 2.45) is 0 Å². The van der Waals surface area contributed by atoms with Crippen LogP contribution in [0.2, 0.25) is 0 Å². The van der Waals surface area contributed by atoms with Crippen LogP contribution in [0.1, 0.15) is 16.7 Å². The zero-order valence-electron chi connectivity index (χ0n) is 15.3. The topological polar surface area (TPSA) is 43.4 Å². The summed E-state index contributed by atoms with van der Waals surface area (Å²) < 4.78 is 5.28. The van der Waals surface area contributed by atoms with Crippen molar-refractivity contribution in [1.29, 1.82) is 0 Å². The minimum absolute atomic E-state index is 0.0133. The van der Waals surface area contributed by atoms with Crippen molar-refractivity contribution in [2.75, 3.05) is 0 Å². The normalized spacial score (nSPS) is 11.0. The Morgan fingerprint density at radius 3 is 1.79 bits per heavy atom. The highest BCUT2D eigenvalue weighted by atomic mass is 16.5. The molecule has 0 unspecified atom stereocenters. The predicted octanol–water partition coefficient (Wildman–Crippen LogP) is 5.13. The number of hydrogen-bond donors (Lipinski definition) is 0. The van der Waals surface area contributed by atoms with Crippen molar-refractivity contribution in [3.63, 3.8) is 0 Å². The molecule has 0 aliphatic rings. The van der Waals surface area contributed by atoms with Gasteiger partial charge in [-0.05, 0) is 41.0 Å². The van der Waals surface area contributed by atoms with Crippen LogP contribution in [0.5, 0.6) is 5.75 Å². The van der Waals surface area contributed by atoms with Gasteiger partial charge in [0.15, 0.2) is 5.78 Å². The molecule has 0 aliphatic heterocycles. The van der Waals surface area contributed by atoms with Gasteiger partial charge in [-0.2, -0.15) is 0 Å². The third-order valence-corrected chi connectivity index (χ3v) is 3.99. The van der Waals surface area contributed by atoms with Crippen LogP contribution in [0.4, 0.5) is 0 Å². The van der Waals surface area contributed by atoms with Crippen LogP contribution in [0.25, 0.3) is 12.2 Å². The van der Waals surface area contributed by atoms with Gasteiger partial charge in [-0.15, -0.1) is 0 Å². The molecule has 0 saturated heterocycles.